The van der Waals surface area contributed by atoms with Crippen LogP contribution in [-0.4, -0.2) is 44.9 Å². The van der Waals surface area contributed by atoms with Crippen LogP contribution in [0.5, 0.6) is 5.75 Å². The molecule has 0 radical (unpaired) electrons. The predicted molar refractivity (Wildman–Crippen MR) is 114 cm³/mol. The molecule has 0 bridgehead atoms. The number of hydrogen-bond acceptors (Lipinski definition) is 5. The quantitative estimate of drug-likeness (QED) is 0.673. The van der Waals surface area contributed by atoms with Crippen LogP contribution >= 0.6 is 0 Å². The van der Waals surface area contributed by atoms with Crippen LogP contribution in [0.25, 0.3) is 0 Å². The van der Waals surface area contributed by atoms with Gasteiger partial charge in [-0.15, -0.1) is 0 Å². The number of amides is 1. The van der Waals surface area contributed by atoms with Gasteiger partial charge in [-0.1, -0.05) is 12.1 Å². The van der Waals surface area contributed by atoms with Gasteiger partial charge in [-0.2, -0.15) is 13.2 Å². The summed E-state index contributed by atoms with van der Waals surface area (Å²) in [6.07, 6.45) is -4.51. The average Bonchev–Trinajstić information content (AvgIpc) is 2.75. The van der Waals surface area contributed by atoms with Crippen molar-refractivity contribution in [3.63, 3.8) is 0 Å². The summed E-state index contributed by atoms with van der Waals surface area (Å²) in [4.78, 5) is 14.7. The number of hydrogen-bond donors (Lipinski definition) is 2. The van der Waals surface area contributed by atoms with Crippen molar-refractivity contribution in [2.45, 2.75) is 26.1 Å². The van der Waals surface area contributed by atoms with Crippen LogP contribution in [0.3, 0.4) is 0 Å². The minimum Gasteiger partial charge on any atom is -0.492 e. The fraction of sp³-hybridized carbons (Fsp3) is 0.409. The first-order chi connectivity index (χ1) is 14.8. The Morgan fingerprint density at radius 1 is 1.16 bits per heavy atom. The van der Waals surface area contributed by atoms with Gasteiger partial charge < -0.3 is 25.0 Å². The lowest BCUT2D eigenvalue weighted by Gasteiger charge is -2.31. The normalized spacial score (nSPS) is 15.3. The third kappa shape index (κ3) is 5.81. The van der Waals surface area contributed by atoms with E-state index in [-0.39, 0.29) is 5.69 Å². The smallest absolute Gasteiger partial charge is 0.416 e. The highest BCUT2D eigenvalue weighted by molar-refractivity contribution is 5.99. The van der Waals surface area contributed by atoms with Crippen LogP contribution in [0.15, 0.2) is 42.5 Å². The molecule has 6 nitrogen and oxygen atoms in total. The molecule has 0 aromatic heterocycles. The second kappa shape index (κ2) is 9.91. The lowest BCUT2D eigenvalue weighted by Crippen LogP contribution is -2.37. The van der Waals surface area contributed by atoms with E-state index in [1.54, 1.807) is 25.1 Å². The Morgan fingerprint density at radius 3 is 2.55 bits per heavy atom. The molecule has 0 saturated carbocycles. The molecule has 1 fully saturated rings. The number of rotatable bonds is 7. The predicted octanol–water partition coefficient (Wildman–Crippen LogP) is 4.38. The number of nitrogens with zero attached hydrogens (tertiary/aromatic N) is 1. The van der Waals surface area contributed by atoms with Crippen molar-refractivity contribution < 1.29 is 27.4 Å². The lowest BCUT2D eigenvalue weighted by molar-refractivity contribution is -0.137. The van der Waals surface area contributed by atoms with E-state index in [2.05, 4.69) is 10.6 Å². The number of halogens is 3. The van der Waals surface area contributed by atoms with E-state index < -0.39 is 23.7 Å². The van der Waals surface area contributed by atoms with Crippen molar-refractivity contribution in [3.8, 4) is 5.75 Å². The number of carbonyl (C=O) groups is 1. The molecule has 1 atom stereocenters. The number of anilines is 3. The summed E-state index contributed by atoms with van der Waals surface area (Å²) in [5.74, 6) is 0.137. The Balaban J connectivity index is 1.81. The molecule has 2 aromatic rings. The molecule has 1 heterocycles. The number of nitrogens with one attached hydrogen (secondary N) is 2. The minimum atomic E-state index is -4.51. The summed E-state index contributed by atoms with van der Waals surface area (Å²) in [6, 6.07) is 9.86. The van der Waals surface area contributed by atoms with E-state index in [9.17, 15) is 18.0 Å². The number of carbonyl (C=O) groups excluding carboxylic acids is 1. The third-order valence-electron chi connectivity index (χ3n) is 4.89. The first-order valence-corrected chi connectivity index (χ1v) is 10.1. The van der Waals surface area contributed by atoms with Crippen molar-refractivity contribution >= 4 is 23.0 Å². The molecule has 0 spiro atoms. The highest BCUT2D eigenvalue weighted by Gasteiger charge is 2.32. The molecular weight excluding hydrogens is 411 g/mol. The Bertz CT molecular complexity index is 899. The second-order valence-corrected chi connectivity index (χ2v) is 7.11. The first kappa shape index (κ1) is 22.7. The summed E-state index contributed by atoms with van der Waals surface area (Å²) in [7, 11) is 0. The maximum Gasteiger partial charge on any atom is 0.416 e. The van der Waals surface area contributed by atoms with E-state index in [4.69, 9.17) is 9.47 Å². The van der Waals surface area contributed by atoms with Crippen LogP contribution in [-0.2, 0) is 15.7 Å². The van der Waals surface area contributed by atoms with Crippen LogP contribution in [0.2, 0.25) is 0 Å². The Hall–Kier alpha value is -2.94. The van der Waals surface area contributed by atoms with Gasteiger partial charge in [-0.3, -0.25) is 4.79 Å². The van der Waals surface area contributed by atoms with Crippen molar-refractivity contribution in [1.82, 2.24) is 0 Å². The van der Waals surface area contributed by atoms with Crippen LogP contribution in [0, 0.1) is 0 Å². The third-order valence-corrected chi connectivity index (χ3v) is 4.89. The van der Waals surface area contributed by atoms with Gasteiger partial charge in [-0.05, 0) is 44.2 Å². The van der Waals surface area contributed by atoms with Crippen molar-refractivity contribution in [2.75, 3.05) is 48.4 Å². The zero-order valence-electron chi connectivity index (χ0n) is 17.5. The molecular formula is C22H26F3N3O3. The van der Waals surface area contributed by atoms with Gasteiger partial charge >= 0.3 is 6.18 Å². The maximum absolute atomic E-state index is 13.3. The monoisotopic (exact) mass is 437 g/mol. The van der Waals surface area contributed by atoms with Crippen LogP contribution in [0.4, 0.5) is 30.2 Å². The highest BCUT2D eigenvalue weighted by atomic mass is 19.4. The molecule has 168 valence electrons. The number of benzene rings is 2. The Kier molecular flexibility index (Phi) is 7.27. The van der Waals surface area contributed by atoms with Crippen molar-refractivity contribution in [3.05, 3.63) is 48.0 Å². The second-order valence-electron chi connectivity index (χ2n) is 7.11. The first-order valence-electron chi connectivity index (χ1n) is 10.1. The minimum absolute atomic E-state index is 0.119. The average molecular weight is 437 g/mol. The number of morpholine rings is 1. The van der Waals surface area contributed by atoms with Crippen LogP contribution in [0.1, 0.15) is 19.4 Å². The van der Waals surface area contributed by atoms with Gasteiger partial charge in [0.05, 0.1) is 42.4 Å². The van der Waals surface area contributed by atoms with Gasteiger partial charge in [0.15, 0.2) is 0 Å². The summed E-state index contributed by atoms with van der Waals surface area (Å²) in [5, 5.41) is 5.73. The summed E-state index contributed by atoms with van der Waals surface area (Å²) < 4.78 is 50.7. The van der Waals surface area contributed by atoms with E-state index >= 15 is 0 Å². The maximum atomic E-state index is 13.3. The molecule has 0 unspecified atom stereocenters. The molecule has 1 aliphatic heterocycles. The highest BCUT2D eigenvalue weighted by Crippen LogP contribution is 2.36. The molecule has 31 heavy (non-hydrogen) atoms. The molecule has 9 heteroatoms. The SMILES string of the molecule is CCOc1ccccc1N[C@@H](C)C(=O)Nc1cc(C(F)(F)F)ccc1N1CCOCC1. The number of ether oxygens (including phenoxy) is 2. The summed E-state index contributed by atoms with van der Waals surface area (Å²) >= 11 is 0. The molecule has 2 N–H and O–H groups in total. The fourth-order valence-electron chi connectivity index (χ4n) is 3.30. The molecule has 0 aliphatic carbocycles. The Labute approximate surface area is 179 Å². The molecule has 1 saturated heterocycles. The Morgan fingerprint density at radius 2 is 1.87 bits per heavy atom. The van der Waals surface area contributed by atoms with E-state index in [1.807, 2.05) is 17.9 Å². The summed E-state index contributed by atoms with van der Waals surface area (Å²) in [6.45, 7) is 5.97. The van der Waals surface area contributed by atoms with Crippen molar-refractivity contribution in [2.24, 2.45) is 0 Å². The molecule has 2 aromatic carbocycles. The summed E-state index contributed by atoms with van der Waals surface area (Å²) in [5.41, 5.74) is 0.464. The zero-order valence-corrected chi connectivity index (χ0v) is 17.5. The number of alkyl halides is 3. The molecule has 1 aliphatic rings. The topological polar surface area (TPSA) is 62.8 Å². The van der Waals surface area contributed by atoms with Gasteiger partial charge in [0, 0.05) is 13.1 Å². The van der Waals surface area contributed by atoms with Crippen LogP contribution < -0.4 is 20.3 Å². The lowest BCUT2D eigenvalue weighted by atomic mass is 10.1. The standard InChI is InChI=1S/C22H26F3N3O3/c1-3-31-20-7-5-4-6-17(20)26-15(2)21(29)27-18-14-16(22(23,24)25)8-9-19(18)28-10-12-30-13-11-28/h4-9,14-15,26H,3,10-13H2,1-2H3,(H,27,29)/t15-/m0/s1. The number of para-hydroxylation sites is 2. The van der Waals surface area contributed by atoms with E-state index in [0.29, 0.717) is 50.0 Å². The molecule has 3 rings (SSSR count). The molecule has 1 amide bonds. The fourth-order valence-corrected chi connectivity index (χ4v) is 3.30. The van der Waals surface area contributed by atoms with Gasteiger partial charge in [-0.25, -0.2) is 0 Å². The zero-order chi connectivity index (χ0) is 22.4. The van der Waals surface area contributed by atoms with E-state index in [0.717, 1.165) is 12.1 Å². The van der Waals surface area contributed by atoms with E-state index in [1.165, 1.54) is 6.07 Å². The van der Waals surface area contributed by atoms with Gasteiger partial charge in [0.1, 0.15) is 11.8 Å². The van der Waals surface area contributed by atoms with Gasteiger partial charge in [0.25, 0.3) is 0 Å². The van der Waals surface area contributed by atoms with Gasteiger partial charge in [0.2, 0.25) is 5.91 Å². The van der Waals surface area contributed by atoms with Crippen molar-refractivity contribution in [1.29, 1.82) is 0 Å². The largest absolute Gasteiger partial charge is 0.492 e.